The van der Waals surface area contributed by atoms with Crippen LogP contribution in [-0.4, -0.2) is 63.4 Å². The lowest BCUT2D eigenvalue weighted by Crippen LogP contribution is -2.38. The second-order valence-corrected chi connectivity index (χ2v) is 7.78. The number of carbonyl (C=O) groups is 1. The summed E-state index contributed by atoms with van der Waals surface area (Å²) in [7, 11) is 0. The highest BCUT2D eigenvalue weighted by Crippen LogP contribution is 2.28. The van der Waals surface area contributed by atoms with Crippen LogP contribution in [0.2, 0.25) is 0 Å². The molecule has 0 aliphatic carbocycles. The molecule has 0 saturated carbocycles. The van der Waals surface area contributed by atoms with Crippen LogP contribution in [0.1, 0.15) is 16.2 Å². The fraction of sp³-hybridized carbons (Fsp3) is 0.368. The highest BCUT2D eigenvalue weighted by Gasteiger charge is 2.27. The predicted molar refractivity (Wildman–Crippen MR) is 105 cm³/mol. The number of thiazole rings is 1. The summed E-state index contributed by atoms with van der Waals surface area (Å²) in [4.78, 5) is 21.4. The lowest BCUT2D eigenvalue weighted by atomic mass is 10.2. The Labute approximate surface area is 170 Å². The van der Waals surface area contributed by atoms with Crippen molar-refractivity contribution < 1.29 is 13.9 Å². The van der Waals surface area contributed by atoms with E-state index in [0.717, 1.165) is 35.6 Å². The molecule has 1 saturated heterocycles. The van der Waals surface area contributed by atoms with Crippen LogP contribution in [0.4, 0.5) is 9.52 Å². The molecule has 2 aromatic heterocycles. The first kappa shape index (κ1) is 18.2. The topological polar surface area (TPSA) is 76.4 Å². The van der Waals surface area contributed by atoms with Crippen LogP contribution in [0.25, 0.3) is 11.5 Å². The number of fused-ring (bicyclic) bond motifs is 1. The smallest absolute Gasteiger partial charge is 0.254 e. The quantitative estimate of drug-likeness (QED) is 0.653. The predicted octanol–water partition coefficient (Wildman–Crippen LogP) is 2.03. The third kappa shape index (κ3) is 3.49. The van der Waals surface area contributed by atoms with Gasteiger partial charge in [-0.2, -0.15) is 0 Å². The van der Waals surface area contributed by atoms with Crippen molar-refractivity contribution in [1.29, 1.82) is 0 Å². The molecule has 2 aliphatic heterocycles. The largest absolute Gasteiger partial charge is 0.378 e. The SMILES string of the molecule is O=C(c1ccc(F)cc1)N1CCn2c(nnc2-c2csc(N3CCOCC3)n2)C1. The molecule has 29 heavy (non-hydrogen) atoms. The molecule has 0 atom stereocenters. The standard InChI is InChI=1S/C19H19FN6O2S/c20-14-3-1-13(2-4-14)18(27)25-5-6-26-16(11-25)22-23-17(26)15-12-29-19(21-15)24-7-9-28-10-8-24/h1-4,12H,5-11H2. The van der Waals surface area contributed by atoms with Gasteiger partial charge in [0.25, 0.3) is 5.91 Å². The zero-order valence-electron chi connectivity index (χ0n) is 15.6. The van der Waals surface area contributed by atoms with E-state index in [0.29, 0.717) is 38.4 Å². The van der Waals surface area contributed by atoms with Crippen LogP contribution >= 0.6 is 11.3 Å². The molecule has 0 radical (unpaired) electrons. The Kier molecular flexibility index (Phi) is 4.72. The third-order valence-corrected chi connectivity index (χ3v) is 6.04. The van der Waals surface area contributed by atoms with Crippen molar-refractivity contribution in [2.24, 2.45) is 0 Å². The Morgan fingerprint density at radius 1 is 1.07 bits per heavy atom. The Balaban J connectivity index is 1.34. The molecule has 3 aromatic rings. The zero-order chi connectivity index (χ0) is 19.8. The summed E-state index contributed by atoms with van der Waals surface area (Å²) in [6, 6.07) is 5.61. The lowest BCUT2D eigenvalue weighted by Gasteiger charge is -2.28. The number of halogens is 1. The Morgan fingerprint density at radius 3 is 2.66 bits per heavy atom. The Bertz CT molecular complexity index is 1030. The van der Waals surface area contributed by atoms with Crippen molar-refractivity contribution in [3.63, 3.8) is 0 Å². The van der Waals surface area contributed by atoms with Gasteiger partial charge in [-0.1, -0.05) is 0 Å². The summed E-state index contributed by atoms with van der Waals surface area (Å²) >= 11 is 1.59. The molecule has 10 heteroatoms. The number of aromatic nitrogens is 4. The van der Waals surface area contributed by atoms with Gasteiger partial charge >= 0.3 is 0 Å². The summed E-state index contributed by atoms with van der Waals surface area (Å²) < 4.78 is 20.5. The summed E-state index contributed by atoms with van der Waals surface area (Å²) in [5, 5.41) is 11.6. The Morgan fingerprint density at radius 2 is 1.86 bits per heavy atom. The number of benzene rings is 1. The number of ether oxygens (including phenoxy) is 1. The molecule has 1 fully saturated rings. The maximum atomic E-state index is 13.1. The minimum atomic E-state index is -0.357. The normalized spacial score (nSPS) is 16.7. The molecule has 1 aromatic carbocycles. The molecule has 4 heterocycles. The minimum Gasteiger partial charge on any atom is -0.378 e. The van der Waals surface area contributed by atoms with E-state index in [1.165, 1.54) is 24.3 Å². The van der Waals surface area contributed by atoms with E-state index in [9.17, 15) is 9.18 Å². The van der Waals surface area contributed by atoms with Gasteiger partial charge in [-0.3, -0.25) is 4.79 Å². The molecule has 0 N–H and O–H groups in total. The van der Waals surface area contributed by atoms with E-state index < -0.39 is 0 Å². The Hall–Kier alpha value is -2.85. The van der Waals surface area contributed by atoms with Crippen LogP contribution in [-0.2, 0) is 17.8 Å². The van der Waals surface area contributed by atoms with Crippen molar-refractivity contribution >= 4 is 22.4 Å². The number of morpholine rings is 1. The highest BCUT2D eigenvalue weighted by molar-refractivity contribution is 7.14. The van der Waals surface area contributed by atoms with E-state index in [1.54, 1.807) is 16.2 Å². The maximum Gasteiger partial charge on any atom is 0.254 e. The number of amides is 1. The van der Waals surface area contributed by atoms with E-state index in [4.69, 9.17) is 9.72 Å². The van der Waals surface area contributed by atoms with Gasteiger partial charge in [-0.15, -0.1) is 21.5 Å². The molecule has 1 amide bonds. The number of rotatable bonds is 3. The molecule has 5 rings (SSSR count). The second kappa shape index (κ2) is 7.53. The minimum absolute atomic E-state index is 0.135. The lowest BCUT2D eigenvalue weighted by molar-refractivity contribution is 0.0708. The van der Waals surface area contributed by atoms with Gasteiger partial charge < -0.3 is 19.1 Å². The van der Waals surface area contributed by atoms with Crippen molar-refractivity contribution in [2.45, 2.75) is 13.1 Å². The van der Waals surface area contributed by atoms with Crippen LogP contribution in [0.15, 0.2) is 29.6 Å². The summed E-state index contributed by atoms with van der Waals surface area (Å²) in [6.45, 7) is 4.60. The van der Waals surface area contributed by atoms with Crippen LogP contribution in [0.3, 0.4) is 0 Å². The fourth-order valence-corrected chi connectivity index (χ4v) is 4.42. The maximum absolute atomic E-state index is 13.1. The van der Waals surface area contributed by atoms with Crippen LogP contribution in [0.5, 0.6) is 0 Å². The molecule has 0 bridgehead atoms. The van der Waals surface area contributed by atoms with E-state index in [1.807, 2.05) is 9.95 Å². The molecule has 0 unspecified atom stereocenters. The van der Waals surface area contributed by atoms with Crippen molar-refractivity contribution in [3.8, 4) is 11.5 Å². The van der Waals surface area contributed by atoms with Gasteiger partial charge in [0.15, 0.2) is 16.8 Å². The molecular weight excluding hydrogens is 395 g/mol. The number of anilines is 1. The number of hydrogen-bond donors (Lipinski definition) is 0. The summed E-state index contributed by atoms with van der Waals surface area (Å²) in [5.41, 5.74) is 1.27. The van der Waals surface area contributed by atoms with Crippen molar-refractivity contribution in [1.82, 2.24) is 24.6 Å². The van der Waals surface area contributed by atoms with E-state index >= 15 is 0 Å². The van der Waals surface area contributed by atoms with E-state index in [-0.39, 0.29) is 11.7 Å². The third-order valence-electron chi connectivity index (χ3n) is 5.13. The van der Waals surface area contributed by atoms with Gasteiger partial charge in [0, 0.05) is 37.1 Å². The number of carbonyl (C=O) groups excluding carboxylic acids is 1. The molecule has 8 nitrogen and oxygen atoms in total. The zero-order valence-corrected chi connectivity index (χ0v) is 16.4. The fourth-order valence-electron chi connectivity index (χ4n) is 3.56. The first-order chi connectivity index (χ1) is 14.2. The van der Waals surface area contributed by atoms with E-state index in [2.05, 4.69) is 15.1 Å². The summed E-state index contributed by atoms with van der Waals surface area (Å²) in [6.07, 6.45) is 0. The summed E-state index contributed by atoms with van der Waals surface area (Å²) in [5.74, 6) is 0.959. The van der Waals surface area contributed by atoms with Gasteiger partial charge in [-0.05, 0) is 24.3 Å². The second-order valence-electron chi connectivity index (χ2n) is 6.94. The average Bonchev–Trinajstić information content (AvgIpc) is 3.41. The van der Waals surface area contributed by atoms with Crippen molar-refractivity contribution in [2.75, 3.05) is 37.7 Å². The average molecular weight is 414 g/mol. The first-order valence-corrected chi connectivity index (χ1v) is 10.3. The number of nitrogens with zero attached hydrogens (tertiary/aromatic N) is 6. The highest BCUT2D eigenvalue weighted by atomic mass is 32.1. The van der Waals surface area contributed by atoms with Gasteiger partial charge in [-0.25, -0.2) is 9.37 Å². The van der Waals surface area contributed by atoms with Gasteiger partial charge in [0.1, 0.15) is 11.5 Å². The molecule has 0 spiro atoms. The number of hydrogen-bond acceptors (Lipinski definition) is 7. The van der Waals surface area contributed by atoms with Crippen LogP contribution < -0.4 is 4.90 Å². The molecular formula is C19H19FN6O2S. The molecule has 2 aliphatic rings. The van der Waals surface area contributed by atoms with Crippen LogP contribution in [0, 0.1) is 5.82 Å². The van der Waals surface area contributed by atoms with Gasteiger partial charge in [0.05, 0.1) is 19.8 Å². The monoisotopic (exact) mass is 414 g/mol. The molecule has 150 valence electrons. The van der Waals surface area contributed by atoms with Gasteiger partial charge in [0.2, 0.25) is 0 Å². The van der Waals surface area contributed by atoms with Crippen molar-refractivity contribution in [3.05, 3.63) is 46.9 Å². The first-order valence-electron chi connectivity index (χ1n) is 9.44.